The third-order valence-electron chi connectivity index (χ3n) is 6.67. The van der Waals surface area contributed by atoms with Crippen molar-refractivity contribution in [2.24, 2.45) is 5.92 Å². The highest BCUT2D eigenvalue weighted by Gasteiger charge is 2.32. The van der Waals surface area contributed by atoms with Crippen LogP contribution in [0.2, 0.25) is 0 Å². The lowest BCUT2D eigenvalue weighted by Gasteiger charge is -2.25. The van der Waals surface area contributed by atoms with Crippen LogP contribution in [-0.4, -0.2) is 10.9 Å². The van der Waals surface area contributed by atoms with Gasteiger partial charge in [-0.05, 0) is 73.2 Å². The van der Waals surface area contributed by atoms with E-state index in [0.29, 0.717) is 22.9 Å². The van der Waals surface area contributed by atoms with E-state index in [1.165, 1.54) is 25.0 Å². The fourth-order valence-electron chi connectivity index (χ4n) is 4.90. The predicted octanol–water partition coefficient (Wildman–Crippen LogP) is 6.79. The minimum Gasteiger partial charge on any atom is -0.436 e. The van der Waals surface area contributed by atoms with Crippen LogP contribution >= 0.6 is 0 Å². The molecule has 3 aromatic carbocycles. The van der Waals surface area contributed by atoms with Crippen molar-refractivity contribution in [2.75, 3.05) is 0 Å². The number of oxazole rings is 1. The molecular formula is C28H27FN2O2. The highest BCUT2D eigenvalue weighted by atomic mass is 19.1. The molecule has 4 aromatic rings. The Morgan fingerprint density at radius 3 is 2.45 bits per heavy atom. The lowest BCUT2D eigenvalue weighted by molar-refractivity contribution is -0.124. The van der Waals surface area contributed by atoms with E-state index in [4.69, 9.17) is 4.42 Å². The Hall–Kier alpha value is -3.47. The Balaban J connectivity index is 1.36. The normalized spacial score (nSPS) is 16.1. The molecule has 0 radical (unpaired) electrons. The largest absolute Gasteiger partial charge is 0.436 e. The molecule has 0 aliphatic heterocycles. The maximum Gasteiger partial charge on any atom is 0.228 e. The maximum atomic E-state index is 13.4. The molecule has 33 heavy (non-hydrogen) atoms. The van der Waals surface area contributed by atoms with Crippen molar-refractivity contribution in [1.82, 2.24) is 10.3 Å². The summed E-state index contributed by atoms with van der Waals surface area (Å²) in [5.74, 6) is 0.484. The van der Waals surface area contributed by atoms with E-state index in [2.05, 4.69) is 22.4 Å². The van der Waals surface area contributed by atoms with Gasteiger partial charge in [-0.1, -0.05) is 49.2 Å². The fourth-order valence-corrected chi connectivity index (χ4v) is 4.90. The van der Waals surface area contributed by atoms with Crippen LogP contribution in [-0.2, 0) is 4.79 Å². The second kappa shape index (κ2) is 9.18. The Bertz CT molecular complexity index is 1240. The molecule has 4 nitrogen and oxygen atoms in total. The average Bonchev–Trinajstić information content (AvgIpc) is 3.50. The first kappa shape index (κ1) is 21.4. The van der Waals surface area contributed by atoms with Crippen LogP contribution in [0.25, 0.3) is 22.6 Å². The van der Waals surface area contributed by atoms with Crippen molar-refractivity contribution >= 4 is 17.0 Å². The molecule has 5 rings (SSSR count). The van der Waals surface area contributed by atoms with Gasteiger partial charge in [0.05, 0.1) is 12.0 Å². The highest BCUT2D eigenvalue weighted by Crippen LogP contribution is 2.38. The number of benzene rings is 3. The van der Waals surface area contributed by atoms with Crippen molar-refractivity contribution in [3.8, 4) is 11.5 Å². The summed E-state index contributed by atoms with van der Waals surface area (Å²) in [4.78, 5) is 18.0. The standard InChI is InChI=1S/C28H27FN2O2/c1-18(30-27(32)26(20-9-5-6-10-20)19-7-3-2-4-8-19)22-13-16-25-24(17-22)31-28(33-25)21-11-14-23(29)15-12-21/h2-4,7-8,11-18,20,26H,5-6,9-10H2,1H3,(H,30,32)/t18-,26-/m0/s1. The van der Waals surface area contributed by atoms with E-state index < -0.39 is 0 Å². The molecule has 1 aromatic heterocycles. The van der Waals surface area contributed by atoms with Crippen molar-refractivity contribution in [3.05, 3.63) is 89.7 Å². The number of nitrogens with one attached hydrogen (secondary N) is 1. The lowest BCUT2D eigenvalue weighted by Crippen LogP contribution is -2.34. The smallest absolute Gasteiger partial charge is 0.228 e. The second-order valence-corrected chi connectivity index (χ2v) is 8.92. The van der Waals surface area contributed by atoms with Gasteiger partial charge in [-0.2, -0.15) is 0 Å². The molecule has 5 heteroatoms. The Labute approximate surface area is 192 Å². The van der Waals surface area contributed by atoms with Gasteiger partial charge in [-0.25, -0.2) is 9.37 Å². The zero-order valence-corrected chi connectivity index (χ0v) is 18.6. The van der Waals surface area contributed by atoms with Crippen LogP contribution < -0.4 is 5.32 Å². The van der Waals surface area contributed by atoms with Gasteiger partial charge in [-0.3, -0.25) is 4.79 Å². The summed E-state index contributed by atoms with van der Waals surface area (Å²) >= 11 is 0. The van der Waals surface area contributed by atoms with E-state index in [1.807, 2.05) is 43.3 Å². The summed E-state index contributed by atoms with van der Waals surface area (Å²) in [5.41, 5.74) is 4.14. The molecule has 1 amide bonds. The number of fused-ring (bicyclic) bond motifs is 1. The predicted molar refractivity (Wildman–Crippen MR) is 127 cm³/mol. The summed E-state index contributed by atoms with van der Waals surface area (Å²) in [7, 11) is 0. The molecule has 168 valence electrons. The van der Waals surface area contributed by atoms with Crippen molar-refractivity contribution in [3.63, 3.8) is 0 Å². The molecule has 1 aliphatic rings. The molecule has 0 spiro atoms. The molecule has 1 saturated carbocycles. The molecule has 1 fully saturated rings. The minimum atomic E-state index is -0.298. The van der Waals surface area contributed by atoms with Crippen molar-refractivity contribution in [2.45, 2.75) is 44.6 Å². The van der Waals surface area contributed by atoms with Crippen LogP contribution in [0, 0.1) is 11.7 Å². The van der Waals surface area contributed by atoms with E-state index in [9.17, 15) is 9.18 Å². The van der Waals surface area contributed by atoms with Gasteiger partial charge in [0.2, 0.25) is 11.8 Å². The Morgan fingerprint density at radius 1 is 1.00 bits per heavy atom. The number of halogens is 1. The molecule has 1 aliphatic carbocycles. The van der Waals surface area contributed by atoms with E-state index in [1.54, 1.807) is 12.1 Å². The number of nitrogens with zero attached hydrogens (tertiary/aromatic N) is 1. The first-order valence-corrected chi connectivity index (χ1v) is 11.6. The summed E-state index contributed by atoms with van der Waals surface area (Å²) in [6, 6.07) is 21.8. The highest BCUT2D eigenvalue weighted by molar-refractivity contribution is 5.84. The van der Waals surface area contributed by atoms with Crippen molar-refractivity contribution < 1.29 is 13.6 Å². The number of hydrogen-bond acceptors (Lipinski definition) is 3. The topological polar surface area (TPSA) is 55.1 Å². The quantitative estimate of drug-likeness (QED) is 0.358. The zero-order valence-electron chi connectivity index (χ0n) is 18.6. The number of aromatic nitrogens is 1. The van der Waals surface area contributed by atoms with Gasteiger partial charge in [0.25, 0.3) is 0 Å². The molecule has 0 bridgehead atoms. The van der Waals surface area contributed by atoms with Gasteiger partial charge in [0.15, 0.2) is 5.58 Å². The number of hydrogen-bond donors (Lipinski definition) is 1. The molecular weight excluding hydrogens is 415 g/mol. The lowest BCUT2D eigenvalue weighted by atomic mass is 9.84. The molecule has 0 saturated heterocycles. The Kier molecular flexibility index (Phi) is 5.95. The molecule has 1 N–H and O–H groups in total. The molecule has 0 unspecified atom stereocenters. The average molecular weight is 443 g/mol. The van der Waals surface area contributed by atoms with Gasteiger partial charge < -0.3 is 9.73 Å². The van der Waals surface area contributed by atoms with Crippen LogP contribution in [0.3, 0.4) is 0 Å². The number of rotatable bonds is 6. The zero-order chi connectivity index (χ0) is 22.8. The van der Waals surface area contributed by atoms with Gasteiger partial charge in [-0.15, -0.1) is 0 Å². The summed E-state index contributed by atoms with van der Waals surface area (Å²) in [6.07, 6.45) is 4.57. The van der Waals surface area contributed by atoms with E-state index in [-0.39, 0.29) is 23.7 Å². The van der Waals surface area contributed by atoms with Gasteiger partial charge in [0.1, 0.15) is 11.3 Å². The van der Waals surface area contributed by atoms with Gasteiger partial charge >= 0.3 is 0 Å². The fraction of sp³-hybridized carbons (Fsp3) is 0.286. The number of carbonyl (C=O) groups excluding carboxylic acids is 1. The van der Waals surface area contributed by atoms with E-state index in [0.717, 1.165) is 29.5 Å². The number of carbonyl (C=O) groups is 1. The SMILES string of the molecule is C[C@H](NC(=O)[C@@H](c1ccccc1)C1CCCC1)c1ccc2oc(-c3ccc(F)cc3)nc2c1. The summed E-state index contributed by atoms with van der Waals surface area (Å²) in [6.45, 7) is 2.00. The summed E-state index contributed by atoms with van der Waals surface area (Å²) < 4.78 is 19.1. The third kappa shape index (κ3) is 4.54. The first-order chi connectivity index (χ1) is 16.1. The maximum absolute atomic E-state index is 13.4. The van der Waals surface area contributed by atoms with Gasteiger partial charge in [0, 0.05) is 5.56 Å². The van der Waals surface area contributed by atoms with Crippen molar-refractivity contribution in [1.29, 1.82) is 0 Å². The minimum absolute atomic E-state index is 0.0767. The monoisotopic (exact) mass is 442 g/mol. The molecule has 1 heterocycles. The first-order valence-electron chi connectivity index (χ1n) is 11.6. The third-order valence-corrected chi connectivity index (χ3v) is 6.67. The Morgan fingerprint density at radius 2 is 1.73 bits per heavy atom. The van der Waals surface area contributed by atoms with E-state index >= 15 is 0 Å². The second-order valence-electron chi connectivity index (χ2n) is 8.92. The van der Waals surface area contributed by atoms with Crippen LogP contribution in [0.1, 0.15) is 55.7 Å². The van der Waals surface area contributed by atoms with Crippen LogP contribution in [0.5, 0.6) is 0 Å². The van der Waals surface area contributed by atoms with Crippen LogP contribution in [0.4, 0.5) is 4.39 Å². The summed E-state index contributed by atoms with van der Waals surface area (Å²) in [5, 5.41) is 3.24. The van der Waals surface area contributed by atoms with Crippen LogP contribution in [0.15, 0.2) is 77.2 Å². The number of amides is 1. The molecule has 2 atom stereocenters.